The van der Waals surface area contributed by atoms with Crippen LogP contribution in [-0.2, 0) is 0 Å². The maximum Gasteiger partial charge on any atom is 0.125 e. The number of aliphatic hydroxyl groups excluding tert-OH is 1. The van der Waals surface area contributed by atoms with Crippen molar-refractivity contribution in [3.05, 3.63) is 28.8 Å². The van der Waals surface area contributed by atoms with Crippen LogP contribution in [0.25, 0.3) is 0 Å². The minimum absolute atomic E-state index is 0.545. The molecule has 0 amide bonds. The van der Waals surface area contributed by atoms with Gasteiger partial charge >= 0.3 is 0 Å². The van der Waals surface area contributed by atoms with Gasteiger partial charge in [0.2, 0.25) is 0 Å². The lowest BCUT2D eigenvalue weighted by Gasteiger charge is -2.13. The average molecular weight is 254 g/mol. The van der Waals surface area contributed by atoms with Crippen LogP contribution in [0.4, 0.5) is 0 Å². The van der Waals surface area contributed by atoms with Crippen molar-refractivity contribution in [2.24, 2.45) is 0 Å². The summed E-state index contributed by atoms with van der Waals surface area (Å²) in [5, 5.41) is 18.6. The molecule has 0 radical (unpaired) electrons. The summed E-state index contributed by atoms with van der Waals surface area (Å²) in [5.41, 5.74) is 0.692. The maximum atomic E-state index is 9.59. The molecule has 1 atom stereocenters. The molecule has 0 bridgehead atoms. The topological polar surface area (TPSA) is 53.2 Å². The SMILES string of the molecule is C[C@H](O)c1cc(Cl)ccc1OCCCCC#N. The van der Waals surface area contributed by atoms with Gasteiger partial charge in [-0.1, -0.05) is 11.6 Å². The van der Waals surface area contributed by atoms with Crippen LogP contribution >= 0.6 is 11.6 Å². The number of unbranched alkanes of at least 4 members (excludes halogenated alkanes) is 2. The summed E-state index contributed by atoms with van der Waals surface area (Å²) in [6, 6.07) is 7.29. The van der Waals surface area contributed by atoms with E-state index in [4.69, 9.17) is 21.6 Å². The van der Waals surface area contributed by atoms with Crippen molar-refractivity contribution in [1.29, 1.82) is 5.26 Å². The van der Waals surface area contributed by atoms with E-state index < -0.39 is 6.10 Å². The zero-order valence-electron chi connectivity index (χ0n) is 9.82. The highest BCUT2D eigenvalue weighted by Gasteiger charge is 2.09. The highest BCUT2D eigenvalue weighted by molar-refractivity contribution is 6.30. The first-order valence-corrected chi connectivity index (χ1v) is 6.00. The Hall–Kier alpha value is -1.24. The van der Waals surface area contributed by atoms with E-state index in [0.717, 1.165) is 12.8 Å². The molecule has 17 heavy (non-hydrogen) atoms. The molecule has 0 aliphatic carbocycles. The Bertz CT molecular complexity index is 399. The molecule has 0 saturated carbocycles. The first-order chi connectivity index (χ1) is 8.15. The minimum Gasteiger partial charge on any atom is -0.493 e. The van der Waals surface area contributed by atoms with Crippen molar-refractivity contribution in [3.63, 3.8) is 0 Å². The van der Waals surface area contributed by atoms with Gasteiger partial charge in [-0.15, -0.1) is 0 Å². The molecule has 0 aliphatic heterocycles. The smallest absolute Gasteiger partial charge is 0.125 e. The molecule has 0 saturated heterocycles. The van der Waals surface area contributed by atoms with Gasteiger partial charge in [-0.05, 0) is 38.0 Å². The van der Waals surface area contributed by atoms with Gasteiger partial charge in [-0.25, -0.2) is 0 Å². The number of benzene rings is 1. The molecule has 92 valence electrons. The predicted molar refractivity (Wildman–Crippen MR) is 67.0 cm³/mol. The van der Waals surface area contributed by atoms with E-state index in [1.807, 2.05) is 0 Å². The average Bonchev–Trinajstić information content (AvgIpc) is 2.30. The molecule has 1 rings (SSSR count). The Morgan fingerprint density at radius 2 is 2.24 bits per heavy atom. The lowest BCUT2D eigenvalue weighted by Crippen LogP contribution is -2.02. The third-order valence-corrected chi connectivity index (χ3v) is 2.60. The van der Waals surface area contributed by atoms with Crippen LogP contribution in [-0.4, -0.2) is 11.7 Å². The van der Waals surface area contributed by atoms with Crippen LogP contribution in [0.15, 0.2) is 18.2 Å². The van der Waals surface area contributed by atoms with Crippen LogP contribution in [0.2, 0.25) is 5.02 Å². The first-order valence-electron chi connectivity index (χ1n) is 5.62. The van der Waals surface area contributed by atoms with Gasteiger partial charge in [0.15, 0.2) is 0 Å². The maximum absolute atomic E-state index is 9.59. The van der Waals surface area contributed by atoms with E-state index in [2.05, 4.69) is 6.07 Å². The molecular formula is C13H16ClNO2. The molecule has 1 N–H and O–H groups in total. The van der Waals surface area contributed by atoms with Gasteiger partial charge in [-0.3, -0.25) is 0 Å². The summed E-state index contributed by atoms with van der Waals surface area (Å²) in [6.45, 7) is 2.22. The number of nitriles is 1. The largest absolute Gasteiger partial charge is 0.493 e. The zero-order chi connectivity index (χ0) is 12.7. The van der Waals surface area contributed by atoms with Gasteiger partial charge in [-0.2, -0.15) is 5.26 Å². The van der Waals surface area contributed by atoms with Gasteiger partial charge in [0.1, 0.15) is 5.75 Å². The monoisotopic (exact) mass is 253 g/mol. The van der Waals surface area contributed by atoms with Crippen molar-refractivity contribution in [1.82, 2.24) is 0 Å². The van der Waals surface area contributed by atoms with Crippen LogP contribution < -0.4 is 4.74 Å². The minimum atomic E-state index is -0.609. The molecule has 4 heteroatoms. The summed E-state index contributed by atoms with van der Waals surface area (Å²) >= 11 is 5.86. The van der Waals surface area contributed by atoms with E-state index >= 15 is 0 Å². The number of ether oxygens (including phenoxy) is 1. The second kappa shape index (κ2) is 7.16. The van der Waals surface area contributed by atoms with E-state index in [0.29, 0.717) is 29.4 Å². The Labute approximate surface area is 107 Å². The van der Waals surface area contributed by atoms with Crippen molar-refractivity contribution in [2.45, 2.75) is 32.3 Å². The van der Waals surface area contributed by atoms with Gasteiger partial charge in [0.05, 0.1) is 18.8 Å². The number of aliphatic hydroxyl groups is 1. The first kappa shape index (κ1) is 13.8. The molecule has 0 fully saturated rings. The fourth-order valence-electron chi connectivity index (χ4n) is 1.47. The number of hydrogen-bond acceptors (Lipinski definition) is 3. The lowest BCUT2D eigenvalue weighted by atomic mass is 10.1. The summed E-state index contributed by atoms with van der Waals surface area (Å²) in [5.74, 6) is 0.654. The van der Waals surface area contributed by atoms with E-state index in [9.17, 15) is 5.11 Å². The Morgan fingerprint density at radius 1 is 1.47 bits per heavy atom. The summed E-state index contributed by atoms with van der Waals surface area (Å²) in [4.78, 5) is 0. The number of rotatable bonds is 6. The zero-order valence-corrected chi connectivity index (χ0v) is 10.6. The normalized spacial score (nSPS) is 11.9. The molecule has 1 aromatic rings. The van der Waals surface area contributed by atoms with Crippen molar-refractivity contribution in [2.75, 3.05) is 6.61 Å². The molecule has 0 unspecified atom stereocenters. The summed E-state index contributed by atoms with van der Waals surface area (Å²) in [7, 11) is 0. The van der Waals surface area contributed by atoms with Gasteiger partial charge in [0, 0.05) is 17.0 Å². The van der Waals surface area contributed by atoms with Crippen molar-refractivity contribution < 1.29 is 9.84 Å². The molecule has 0 aliphatic rings. The fourth-order valence-corrected chi connectivity index (χ4v) is 1.65. The van der Waals surface area contributed by atoms with Gasteiger partial charge in [0.25, 0.3) is 0 Å². The summed E-state index contributed by atoms with van der Waals surface area (Å²) in [6.07, 6.45) is 1.60. The highest BCUT2D eigenvalue weighted by Crippen LogP contribution is 2.28. The van der Waals surface area contributed by atoms with Crippen LogP contribution in [0.5, 0.6) is 5.75 Å². The van der Waals surface area contributed by atoms with Crippen LogP contribution in [0.1, 0.15) is 37.9 Å². The Morgan fingerprint density at radius 3 is 2.88 bits per heavy atom. The number of halogens is 1. The third kappa shape index (κ3) is 4.64. The molecule has 3 nitrogen and oxygen atoms in total. The molecule has 0 spiro atoms. The highest BCUT2D eigenvalue weighted by atomic mass is 35.5. The lowest BCUT2D eigenvalue weighted by molar-refractivity contribution is 0.191. The number of nitrogens with zero attached hydrogens (tertiary/aromatic N) is 1. The van der Waals surface area contributed by atoms with E-state index in [-0.39, 0.29) is 0 Å². The van der Waals surface area contributed by atoms with Gasteiger partial charge < -0.3 is 9.84 Å². The third-order valence-electron chi connectivity index (χ3n) is 2.36. The molecular weight excluding hydrogens is 238 g/mol. The summed E-state index contributed by atoms with van der Waals surface area (Å²) < 4.78 is 5.57. The second-order valence-corrected chi connectivity index (χ2v) is 4.26. The molecule has 0 aromatic heterocycles. The Balaban J connectivity index is 2.55. The number of hydrogen-bond donors (Lipinski definition) is 1. The van der Waals surface area contributed by atoms with E-state index in [1.165, 1.54) is 0 Å². The van der Waals surface area contributed by atoms with Crippen molar-refractivity contribution in [3.8, 4) is 11.8 Å². The molecule has 0 heterocycles. The van der Waals surface area contributed by atoms with Crippen molar-refractivity contribution >= 4 is 11.6 Å². The predicted octanol–water partition coefficient (Wildman–Crippen LogP) is 3.47. The van der Waals surface area contributed by atoms with Crippen LogP contribution in [0.3, 0.4) is 0 Å². The van der Waals surface area contributed by atoms with Crippen LogP contribution in [0, 0.1) is 11.3 Å². The van der Waals surface area contributed by atoms with E-state index in [1.54, 1.807) is 25.1 Å². The molecule has 1 aromatic carbocycles. The standard InChI is InChI=1S/C13H16ClNO2/c1-10(16)12-9-11(14)5-6-13(12)17-8-4-2-3-7-15/h5-6,9-10,16H,2-4,8H2,1H3/t10-/m0/s1. The second-order valence-electron chi connectivity index (χ2n) is 3.82. The Kier molecular flexibility index (Phi) is 5.82. The fraction of sp³-hybridized carbons (Fsp3) is 0.462. The quantitative estimate of drug-likeness (QED) is 0.790.